The predicted octanol–water partition coefficient (Wildman–Crippen LogP) is 3.62. The number of nitrogens with one attached hydrogen (secondary N) is 2. The smallest absolute Gasteiger partial charge is 0.262 e. The summed E-state index contributed by atoms with van der Waals surface area (Å²) in [5.41, 5.74) is 3.15. The Bertz CT molecular complexity index is 1420. The normalized spacial score (nSPS) is 12.7. The number of hydrogen-bond acceptors (Lipinski definition) is 6. The molecule has 3 aromatic heterocycles. The fraction of sp³-hybridized carbons (Fsp3) is 0.227. The van der Waals surface area contributed by atoms with Crippen molar-refractivity contribution in [3.05, 3.63) is 74.0 Å². The van der Waals surface area contributed by atoms with Gasteiger partial charge in [-0.05, 0) is 39.2 Å². The van der Waals surface area contributed by atoms with E-state index in [1.165, 1.54) is 4.68 Å². The van der Waals surface area contributed by atoms with Gasteiger partial charge in [0.2, 0.25) is 5.95 Å². The third kappa shape index (κ3) is 3.40. The minimum atomic E-state index is -0.441. The van der Waals surface area contributed by atoms with Gasteiger partial charge >= 0.3 is 0 Å². The molecular formula is C22H19ClN6O3. The molecule has 0 atom stereocenters. The van der Waals surface area contributed by atoms with Crippen molar-refractivity contribution in [2.24, 2.45) is 0 Å². The van der Waals surface area contributed by atoms with Crippen LogP contribution in [0.4, 0.5) is 5.82 Å². The van der Waals surface area contributed by atoms with E-state index < -0.39 is 5.91 Å². The second-order valence-corrected chi connectivity index (χ2v) is 8.05. The number of H-pyrrole nitrogens is 1. The fourth-order valence-corrected chi connectivity index (χ4v) is 4.16. The molecule has 32 heavy (non-hydrogen) atoms. The zero-order valence-electron chi connectivity index (χ0n) is 17.4. The van der Waals surface area contributed by atoms with Crippen molar-refractivity contribution in [1.29, 1.82) is 0 Å². The van der Waals surface area contributed by atoms with Crippen LogP contribution in [0.5, 0.6) is 0 Å². The Hall–Kier alpha value is -3.72. The molecular weight excluding hydrogens is 432 g/mol. The third-order valence-electron chi connectivity index (χ3n) is 5.42. The van der Waals surface area contributed by atoms with Crippen LogP contribution < -0.4 is 10.9 Å². The summed E-state index contributed by atoms with van der Waals surface area (Å²) >= 11 is 6.31. The summed E-state index contributed by atoms with van der Waals surface area (Å²) in [4.78, 5) is 33.1. The van der Waals surface area contributed by atoms with Gasteiger partial charge in [0, 0.05) is 17.2 Å². The number of carbonyl (C=O) groups is 1. The molecule has 1 aliphatic carbocycles. The maximum absolute atomic E-state index is 13.3. The van der Waals surface area contributed by atoms with E-state index in [0.717, 1.165) is 25.0 Å². The molecule has 1 amide bonds. The number of anilines is 1. The maximum Gasteiger partial charge on any atom is 0.262 e. The molecule has 5 rings (SSSR count). The average Bonchev–Trinajstić information content (AvgIpc) is 3.47. The Morgan fingerprint density at radius 1 is 1.25 bits per heavy atom. The summed E-state index contributed by atoms with van der Waals surface area (Å²) in [7, 11) is 0. The maximum atomic E-state index is 13.3. The largest absolute Gasteiger partial charge is 0.360 e. The molecule has 0 bridgehead atoms. The summed E-state index contributed by atoms with van der Waals surface area (Å²) in [6, 6.07) is 8.79. The molecule has 0 radical (unpaired) electrons. The number of aromatic amines is 1. The van der Waals surface area contributed by atoms with Crippen molar-refractivity contribution in [2.75, 3.05) is 5.32 Å². The molecule has 9 nitrogen and oxygen atoms in total. The molecule has 4 aromatic rings. The van der Waals surface area contributed by atoms with Crippen LogP contribution in [0, 0.1) is 13.8 Å². The first kappa shape index (κ1) is 20.2. The lowest BCUT2D eigenvalue weighted by Crippen LogP contribution is -2.21. The standard InChI is InChI=1S/C22H19ClN6O3/c1-11-10-17(29(27-11)22-24-16-9-5-7-14(16)20(30)26-22)25-21(31)18-12(2)32-28-19(18)13-6-3-4-8-15(13)23/h3-4,6,8,10H,5,7,9H2,1-2H3,(H,25,31)(H,24,26,30). The summed E-state index contributed by atoms with van der Waals surface area (Å²) in [6.07, 6.45) is 2.36. The predicted molar refractivity (Wildman–Crippen MR) is 118 cm³/mol. The molecule has 0 spiro atoms. The van der Waals surface area contributed by atoms with Crippen LogP contribution in [0.15, 0.2) is 39.6 Å². The number of aryl methyl sites for hydroxylation is 3. The highest BCUT2D eigenvalue weighted by atomic mass is 35.5. The monoisotopic (exact) mass is 450 g/mol. The lowest BCUT2D eigenvalue weighted by Gasteiger charge is -2.10. The number of amides is 1. The zero-order chi connectivity index (χ0) is 22.4. The Kier molecular flexibility index (Phi) is 4.90. The van der Waals surface area contributed by atoms with Crippen LogP contribution in [-0.2, 0) is 12.8 Å². The van der Waals surface area contributed by atoms with Gasteiger partial charge in [0.15, 0.2) is 0 Å². The number of halogens is 1. The van der Waals surface area contributed by atoms with Crippen LogP contribution in [0.2, 0.25) is 5.02 Å². The fourth-order valence-electron chi connectivity index (χ4n) is 3.93. The SMILES string of the molecule is Cc1cc(NC(=O)c2c(-c3ccccc3Cl)noc2C)n(-c2nc3c(c(=O)[nH]2)CCC3)n1. The summed E-state index contributed by atoms with van der Waals surface area (Å²) in [6.45, 7) is 3.45. The first-order chi connectivity index (χ1) is 15.4. The van der Waals surface area contributed by atoms with Crippen LogP contribution in [0.25, 0.3) is 17.2 Å². The molecule has 0 unspecified atom stereocenters. The van der Waals surface area contributed by atoms with Crippen LogP contribution in [0.3, 0.4) is 0 Å². The van der Waals surface area contributed by atoms with Gasteiger partial charge in [-0.25, -0.2) is 4.98 Å². The Labute approximate surface area is 187 Å². The quantitative estimate of drug-likeness (QED) is 0.490. The minimum absolute atomic E-state index is 0.177. The van der Waals surface area contributed by atoms with Gasteiger partial charge in [-0.3, -0.25) is 14.6 Å². The van der Waals surface area contributed by atoms with E-state index >= 15 is 0 Å². The van der Waals surface area contributed by atoms with Gasteiger partial charge in [-0.15, -0.1) is 0 Å². The van der Waals surface area contributed by atoms with E-state index in [2.05, 4.69) is 25.5 Å². The molecule has 1 aliphatic rings. The molecule has 162 valence electrons. The van der Waals surface area contributed by atoms with Crippen LogP contribution >= 0.6 is 11.6 Å². The Morgan fingerprint density at radius 2 is 2.06 bits per heavy atom. The van der Waals surface area contributed by atoms with Gasteiger partial charge in [-0.2, -0.15) is 9.78 Å². The Balaban J connectivity index is 1.53. The van der Waals surface area contributed by atoms with Crippen molar-refractivity contribution in [3.63, 3.8) is 0 Å². The minimum Gasteiger partial charge on any atom is -0.360 e. The summed E-state index contributed by atoms with van der Waals surface area (Å²) < 4.78 is 6.72. The second-order valence-electron chi connectivity index (χ2n) is 7.65. The van der Waals surface area contributed by atoms with E-state index in [0.29, 0.717) is 39.1 Å². The molecule has 2 N–H and O–H groups in total. The molecule has 0 saturated carbocycles. The van der Waals surface area contributed by atoms with E-state index in [1.807, 2.05) is 0 Å². The van der Waals surface area contributed by atoms with Crippen molar-refractivity contribution >= 4 is 23.3 Å². The van der Waals surface area contributed by atoms with Gasteiger partial charge in [0.05, 0.1) is 16.4 Å². The Morgan fingerprint density at radius 3 is 2.88 bits per heavy atom. The highest BCUT2D eigenvalue weighted by Crippen LogP contribution is 2.31. The number of hydrogen-bond donors (Lipinski definition) is 2. The number of fused-ring (bicyclic) bond motifs is 1. The van der Waals surface area contributed by atoms with Gasteiger partial charge in [-0.1, -0.05) is 35.0 Å². The third-order valence-corrected chi connectivity index (χ3v) is 5.75. The van der Waals surface area contributed by atoms with E-state index in [1.54, 1.807) is 44.2 Å². The first-order valence-electron chi connectivity index (χ1n) is 10.1. The number of aromatic nitrogens is 5. The molecule has 10 heteroatoms. The van der Waals surface area contributed by atoms with Gasteiger partial charge in [0.25, 0.3) is 11.5 Å². The highest BCUT2D eigenvalue weighted by molar-refractivity contribution is 6.33. The van der Waals surface area contributed by atoms with Crippen LogP contribution in [-0.4, -0.2) is 30.8 Å². The van der Waals surface area contributed by atoms with E-state index in [9.17, 15) is 9.59 Å². The van der Waals surface area contributed by atoms with Gasteiger partial charge in [0.1, 0.15) is 22.8 Å². The first-order valence-corrected chi connectivity index (χ1v) is 10.5. The zero-order valence-corrected chi connectivity index (χ0v) is 18.2. The van der Waals surface area contributed by atoms with E-state index in [4.69, 9.17) is 16.1 Å². The van der Waals surface area contributed by atoms with Crippen molar-refractivity contribution < 1.29 is 9.32 Å². The van der Waals surface area contributed by atoms with Crippen molar-refractivity contribution in [1.82, 2.24) is 24.9 Å². The topological polar surface area (TPSA) is 119 Å². The van der Waals surface area contributed by atoms with Gasteiger partial charge < -0.3 is 9.84 Å². The molecule has 0 saturated heterocycles. The molecule has 3 heterocycles. The van der Waals surface area contributed by atoms with Crippen molar-refractivity contribution in [3.8, 4) is 17.2 Å². The van der Waals surface area contributed by atoms with Crippen molar-refractivity contribution in [2.45, 2.75) is 33.1 Å². The molecule has 1 aromatic carbocycles. The molecule has 0 fully saturated rings. The number of benzene rings is 1. The number of carbonyl (C=O) groups excluding carboxylic acids is 1. The number of rotatable bonds is 4. The van der Waals surface area contributed by atoms with Crippen LogP contribution in [0.1, 0.15) is 39.5 Å². The lowest BCUT2D eigenvalue weighted by atomic mass is 10.1. The second kappa shape index (κ2) is 7.76. The molecule has 0 aliphatic heterocycles. The summed E-state index contributed by atoms with van der Waals surface area (Å²) in [5, 5.41) is 11.8. The summed E-state index contributed by atoms with van der Waals surface area (Å²) in [5.74, 6) is 0.527. The highest BCUT2D eigenvalue weighted by Gasteiger charge is 2.25. The van der Waals surface area contributed by atoms with E-state index in [-0.39, 0.29) is 17.1 Å². The number of nitrogens with zero attached hydrogens (tertiary/aromatic N) is 4. The lowest BCUT2D eigenvalue weighted by molar-refractivity contribution is 0.102. The average molecular weight is 451 g/mol.